The van der Waals surface area contributed by atoms with Crippen LogP contribution in [0.1, 0.15) is 35.7 Å². The van der Waals surface area contributed by atoms with Crippen LogP contribution in [0.5, 0.6) is 0 Å². The van der Waals surface area contributed by atoms with Gasteiger partial charge >= 0.3 is 0 Å². The Kier molecular flexibility index (Phi) is 7.71. The fourth-order valence-electron chi connectivity index (χ4n) is 3.50. The summed E-state index contributed by atoms with van der Waals surface area (Å²) >= 11 is 0. The minimum absolute atomic E-state index is 0.0372. The zero-order valence-electron chi connectivity index (χ0n) is 18.3. The number of carbonyl (C=O) groups excluding carboxylic acids is 1. The van der Waals surface area contributed by atoms with Gasteiger partial charge in [-0.3, -0.25) is 4.79 Å². The number of amides is 1. The maximum absolute atomic E-state index is 13.1. The van der Waals surface area contributed by atoms with E-state index in [1.807, 2.05) is 13.8 Å². The van der Waals surface area contributed by atoms with Gasteiger partial charge in [0.15, 0.2) is 0 Å². The second-order valence-corrected chi connectivity index (χ2v) is 11.5. The van der Waals surface area contributed by atoms with Crippen LogP contribution in [0.3, 0.4) is 0 Å². The number of nitrogens with zero attached hydrogens (tertiary/aromatic N) is 2. The van der Waals surface area contributed by atoms with Crippen molar-refractivity contribution in [1.82, 2.24) is 13.9 Å². The topological polar surface area (TPSA) is 104 Å². The molecule has 0 aromatic heterocycles. The summed E-state index contributed by atoms with van der Waals surface area (Å²) < 4.78 is 54.7. The van der Waals surface area contributed by atoms with E-state index < -0.39 is 20.0 Å². The van der Waals surface area contributed by atoms with Crippen LogP contribution in [0.4, 0.5) is 0 Å². The quantitative estimate of drug-likeness (QED) is 0.656. The predicted molar refractivity (Wildman–Crippen MR) is 122 cm³/mol. The summed E-state index contributed by atoms with van der Waals surface area (Å²) in [6.07, 6.45) is 1.15. The van der Waals surface area contributed by atoms with Crippen LogP contribution < -0.4 is 4.72 Å². The third kappa shape index (κ3) is 5.55. The normalized spacial score (nSPS) is 16.0. The molecule has 1 aliphatic heterocycles. The molecule has 174 valence electrons. The lowest BCUT2D eigenvalue weighted by molar-refractivity contribution is 0.0764. The highest BCUT2D eigenvalue weighted by Crippen LogP contribution is 2.20. The van der Waals surface area contributed by atoms with Crippen LogP contribution in [0.25, 0.3) is 0 Å². The lowest BCUT2D eigenvalue weighted by atomic mass is 10.2. The van der Waals surface area contributed by atoms with Gasteiger partial charge in [-0.25, -0.2) is 21.6 Å². The molecule has 1 amide bonds. The molecule has 0 unspecified atom stereocenters. The van der Waals surface area contributed by atoms with Crippen molar-refractivity contribution in [3.8, 4) is 0 Å². The molecule has 1 saturated heterocycles. The van der Waals surface area contributed by atoms with Crippen molar-refractivity contribution in [1.29, 1.82) is 0 Å². The number of hydrogen-bond acceptors (Lipinski definition) is 5. The van der Waals surface area contributed by atoms with E-state index in [1.165, 1.54) is 16.4 Å². The van der Waals surface area contributed by atoms with E-state index in [0.29, 0.717) is 32.5 Å². The standard InChI is InChI=1S/C22H29N3O5S2/c1-3-12-23-31(27,28)21-7-4-6-19(17-21)22(26)24-13-5-14-25(16-15-24)32(29,30)20-10-8-18(2)9-11-20/h4,6-11,17,23H,3,5,12-16H2,1-2H3. The highest BCUT2D eigenvalue weighted by atomic mass is 32.2. The maximum Gasteiger partial charge on any atom is 0.253 e. The number of benzene rings is 2. The monoisotopic (exact) mass is 479 g/mol. The number of rotatable bonds is 7. The largest absolute Gasteiger partial charge is 0.337 e. The summed E-state index contributed by atoms with van der Waals surface area (Å²) in [5.41, 5.74) is 1.24. The van der Waals surface area contributed by atoms with Crippen molar-refractivity contribution in [3.05, 3.63) is 59.7 Å². The molecule has 2 aromatic rings. The minimum Gasteiger partial charge on any atom is -0.337 e. The van der Waals surface area contributed by atoms with E-state index >= 15 is 0 Å². The first-order valence-electron chi connectivity index (χ1n) is 10.6. The van der Waals surface area contributed by atoms with Gasteiger partial charge in [-0.05, 0) is 50.1 Å². The van der Waals surface area contributed by atoms with Gasteiger partial charge in [0.1, 0.15) is 0 Å². The first-order valence-corrected chi connectivity index (χ1v) is 13.5. The van der Waals surface area contributed by atoms with Crippen molar-refractivity contribution < 1.29 is 21.6 Å². The van der Waals surface area contributed by atoms with Crippen LogP contribution in [0, 0.1) is 6.92 Å². The molecule has 0 bridgehead atoms. The molecule has 10 heteroatoms. The molecule has 0 saturated carbocycles. The van der Waals surface area contributed by atoms with Gasteiger partial charge in [-0.15, -0.1) is 0 Å². The van der Waals surface area contributed by atoms with E-state index in [0.717, 1.165) is 5.56 Å². The van der Waals surface area contributed by atoms with Gasteiger partial charge in [0.05, 0.1) is 9.79 Å². The molecule has 1 fully saturated rings. The minimum atomic E-state index is -3.69. The molecule has 8 nitrogen and oxygen atoms in total. The van der Waals surface area contributed by atoms with Gasteiger partial charge in [0, 0.05) is 38.3 Å². The summed E-state index contributed by atoms with van der Waals surface area (Å²) in [5.74, 6) is -0.313. The highest BCUT2D eigenvalue weighted by Gasteiger charge is 2.29. The number of carbonyl (C=O) groups is 1. The van der Waals surface area contributed by atoms with E-state index in [1.54, 1.807) is 41.3 Å². The lowest BCUT2D eigenvalue weighted by Gasteiger charge is -2.22. The second kappa shape index (κ2) is 10.1. The highest BCUT2D eigenvalue weighted by molar-refractivity contribution is 7.89. The Labute approximate surface area is 190 Å². The Bertz CT molecular complexity index is 1160. The van der Waals surface area contributed by atoms with Gasteiger partial charge in [0.25, 0.3) is 5.91 Å². The summed E-state index contributed by atoms with van der Waals surface area (Å²) in [6.45, 7) is 5.19. The van der Waals surface area contributed by atoms with Gasteiger partial charge < -0.3 is 4.90 Å². The number of aryl methyl sites for hydroxylation is 1. The summed E-state index contributed by atoms with van der Waals surface area (Å²) in [6, 6.07) is 12.6. The number of sulfonamides is 2. The molecule has 0 atom stereocenters. The van der Waals surface area contributed by atoms with Crippen molar-refractivity contribution in [2.75, 3.05) is 32.7 Å². The molecule has 0 aliphatic carbocycles. The first kappa shape index (κ1) is 24.4. The van der Waals surface area contributed by atoms with E-state index in [-0.39, 0.29) is 34.4 Å². The fourth-order valence-corrected chi connectivity index (χ4v) is 6.14. The number of nitrogens with one attached hydrogen (secondary N) is 1. The number of hydrogen-bond donors (Lipinski definition) is 1. The second-order valence-electron chi connectivity index (χ2n) is 7.79. The SMILES string of the molecule is CCCNS(=O)(=O)c1cccc(C(=O)N2CCCN(S(=O)(=O)c3ccc(C)cc3)CC2)c1. The average Bonchev–Trinajstić information content (AvgIpc) is 3.04. The van der Waals surface area contributed by atoms with Crippen LogP contribution in [0.15, 0.2) is 58.3 Å². The van der Waals surface area contributed by atoms with Crippen molar-refractivity contribution in [2.24, 2.45) is 0 Å². The van der Waals surface area contributed by atoms with Crippen LogP contribution >= 0.6 is 0 Å². The zero-order chi connectivity index (χ0) is 23.4. The van der Waals surface area contributed by atoms with Gasteiger partial charge in [-0.1, -0.05) is 30.7 Å². The van der Waals surface area contributed by atoms with Crippen LogP contribution in [-0.2, 0) is 20.0 Å². The summed E-state index contributed by atoms with van der Waals surface area (Å²) in [5, 5.41) is 0. The van der Waals surface area contributed by atoms with E-state index in [9.17, 15) is 21.6 Å². The van der Waals surface area contributed by atoms with Crippen molar-refractivity contribution >= 4 is 26.0 Å². The van der Waals surface area contributed by atoms with Gasteiger partial charge in [0.2, 0.25) is 20.0 Å². The zero-order valence-corrected chi connectivity index (χ0v) is 20.0. The van der Waals surface area contributed by atoms with E-state index in [2.05, 4.69) is 4.72 Å². The molecule has 0 spiro atoms. The molecular weight excluding hydrogens is 450 g/mol. The maximum atomic E-state index is 13.1. The Morgan fingerprint density at radius 1 is 0.938 bits per heavy atom. The third-order valence-electron chi connectivity index (χ3n) is 5.33. The molecule has 0 radical (unpaired) electrons. The predicted octanol–water partition coefficient (Wildman–Crippen LogP) is 2.22. The summed E-state index contributed by atoms with van der Waals surface area (Å²) in [7, 11) is -7.33. The molecule has 32 heavy (non-hydrogen) atoms. The lowest BCUT2D eigenvalue weighted by Crippen LogP contribution is -2.37. The third-order valence-corrected chi connectivity index (χ3v) is 8.71. The van der Waals surface area contributed by atoms with Crippen LogP contribution in [-0.4, -0.2) is 64.7 Å². The Hall–Kier alpha value is -2.27. The molecule has 1 N–H and O–H groups in total. The van der Waals surface area contributed by atoms with Crippen molar-refractivity contribution in [2.45, 2.75) is 36.5 Å². The van der Waals surface area contributed by atoms with Crippen LogP contribution in [0.2, 0.25) is 0 Å². The smallest absolute Gasteiger partial charge is 0.253 e. The van der Waals surface area contributed by atoms with Crippen molar-refractivity contribution in [3.63, 3.8) is 0 Å². The van der Waals surface area contributed by atoms with E-state index in [4.69, 9.17) is 0 Å². The molecular formula is C22H29N3O5S2. The molecule has 3 rings (SSSR count). The molecule has 1 aliphatic rings. The average molecular weight is 480 g/mol. The Morgan fingerprint density at radius 3 is 2.34 bits per heavy atom. The Morgan fingerprint density at radius 2 is 1.66 bits per heavy atom. The first-order chi connectivity index (χ1) is 15.1. The summed E-state index contributed by atoms with van der Waals surface area (Å²) in [4.78, 5) is 14.9. The fraction of sp³-hybridized carbons (Fsp3) is 0.409. The Balaban J connectivity index is 1.74. The van der Waals surface area contributed by atoms with Gasteiger partial charge in [-0.2, -0.15) is 4.31 Å². The molecule has 1 heterocycles. The molecule has 2 aromatic carbocycles.